The minimum absolute atomic E-state index is 0.190. The molecule has 4 rings (SSSR count). The van der Waals surface area contributed by atoms with E-state index in [0.29, 0.717) is 29.2 Å². The first-order valence-electron chi connectivity index (χ1n) is 9.47. The van der Waals surface area contributed by atoms with Crippen LogP contribution in [0.25, 0.3) is 0 Å². The van der Waals surface area contributed by atoms with Gasteiger partial charge in [0.05, 0.1) is 5.56 Å². The lowest BCUT2D eigenvalue weighted by Crippen LogP contribution is -2.43. The van der Waals surface area contributed by atoms with Gasteiger partial charge in [-0.2, -0.15) is 0 Å². The first kappa shape index (κ1) is 18.2. The van der Waals surface area contributed by atoms with E-state index in [2.05, 4.69) is 19.2 Å². The molecule has 2 aliphatic rings. The molecule has 1 fully saturated rings. The molecule has 2 heterocycles. The minimum atomic E-state index is -0.849. The van der Waals surface area contributed by atoms with Crippen LogP contribution in [0.15, 0.2) is 48.5 Å². The summed E-state index contributed by atoms with van der Waals surface area (Å²) in [5, 5.41) is 2.89. The summed E-state index contributed by atoms with van der Waals surface area (Å²) >= 11 is 0. The van der Waals surface area contributed by atoms with E-state index in [1.54, 1.807) is 24.3 Å². The third kappa shape index (κ3) is 3.15. The van der Waals surface area contributed by atoms with Crippen LogP contribution in [0.4, 0.5) is 5.69 Å². The predicted molar refractivity (Wildman–Crippen MR) is 104 cm³/mol. The molecule has 1 N–H and O–H groups in total. The van der Waals surface area contributed by atoms with E-state index in [-0.39, 0.29) is 18.2 Å². The largest absolute Gasteiger partial charge is 0.433 e. The van der Waals surface area contributed by atoms with E-state index in [4.69, 9.17) is 4.74 Å². The molecule has 0 radical (unpaired) electrons. The summed E-state index contributed by atoms with van der Waals surface area (Å²) in [5.74, 6) is -0.526. The third-order valence-corrected chi connectivity index (χ3v) is 5.32. The zero-order valence-electron chi connectivity index (χ0n) is 15.8. The van der Waals surface area contributed by atoms with Crippen LogP contribution in [-0.4, -0.2) is 28.7 Å². The summed E-state index contributed by atoms with van der Waals surface area (Å²) in [6.45, 7) is 4.21. The molecule has 0 bridgehead atoms. The Balaban J connectivity index is 1.55. The zero-order chi connectivity index (χ0) is 19.8. The Kier molecular flexibility index (Phi) is 4.63. The highest BCUT2D eigenvalue weighted by Crippen LogP contribution is 2.38. The van der Waals surface area contributed by atoms with Crippen molar-refractivity contribution in [3.63, 3.8) is 0 Å². The van der Waals surface area contributed by atoms with Gasteiger partial charge in [-0.3, -0.25) is 14.5 Å². The summed E-state index contributed by atoms with van der Waals surface area (Å²) in [4.78, 5) is 39.0. The summed E-state index contributed by atoms with van der Waals surface area (Å²) < 4.78 is 5.44. The molecule has 2 atom stereocenters. The third-order valence-electron chi connectivity index (χ3n) is 5.32. The molecule has 6 nitrogen and oxygen atoms in total. The fourth-order valence-electron chi connectivity index (χ4n) is 3.76. The lowest BCUT2D eigenvalue weighted by molar-refractivity contribution is -0.144. The van der Waals surface area contributed by atoms with Crippen molar-refractivity contribution >= 4 is 23.5 Å². The summed E-state index contributed by atoms with van der Waals surface area (Å²) in [6, 6.07) is 14.0. The number of rotatable bonds is 4. The second kappa shape index (κ2) is 7.11. The van der Waals surface area contributed by atoms with Crippen LogP contribution in [0, 0.1) is 0 Å². The van der Waals surface area contributed by atoms with Crippen molar-refractivity contribution in [3.05, 3.63) is 65.2 Å². The number of hydrogen-bond donors (Lipinski definition) is 1. The molecule has 0 saturated carbocycles. The second-order valence-electron chi connectivity index (χ2n) is 7.47. The first-order valence-corrected chi connectivity index (χ1v) is 9.47. The summed E-state index contributed by atoms with van der Waals surface area (Å²) in [5.41, 5.74) is 2.93. The molecule has 0 aromatic heterocycles. The van der Waals surface area contributed by atoms with Crippen LogP contribution >= 0.6 is 0 Å². The van der Waals surface area contributed by atoms with Gasteiger partial charge in [0.15, 0.2) is 0 Å². The molecular formula is C22H22N2O4. The molecule has 2 aromatic rings. The molecule has 28 heavy (non-hydrogen) atoms. The molecule has 2 aliphatic heterocycles. The average Bonchev–Trinajstić information content (AvgIpc) is 3.22. The van der Waals surface area contributed by atoms with E-state index in [1.165, 1.54) is 10.5 Å². The number of carbonyl (C=O) groups is 3. The molecule has 1 saturated heterocycles. The van der Waals surface area contributed by atoms with Gasteiger partial charge in [-0.15, -0.1) is 0 Å². The van der Waals surface area contributed by atoms with Crippen molar-refractivity contribution in [2.24, 2.45) is 0 Å². The minimum Gasteiger partial charge on any atom is -0.433 e. The number of anilines is 1. The summed E-state index contributed by atoms with van der Waals surface area (Å²) in [6.07, 6.45) is -0.205. The lowest BCUT2D eigenvalue weighted by atomic mass is 10.0. The van der Waals surface area contributed by atoms with Crippen molar-refractivity contribution < 1.29 is 19.1 Å². The predicted octanol–water partition coefficient (Wildman–Crippen LogP) is 3.61. The Bertz CT molecular complexity index is 936. The number of hydrogen-bond acceptors (Lipinski definition) is 4. The summed E-state index contributed by atoms with van der Waals surface area (Å²) in [7, 11) is 0. The van der Waals surface area contributed by atoms with E-state index in [9.17, 15) is 14.4 Å². The fraction of sp³-hybridized carbons (Fsp3) is 0.318. The average molecular weight is 378 g/mol. The number of esters is 1. The van der Waals surface area contributed by atoms with Crippen molar-refractivity contribution in [2.75, 3.05) is 5.32 Å². The molecule has 2 amide bonds. The molecule has 144 valence electrons. The number of amides is 2. The normalized spacial score (nSPS) is 21.0. The zero-order valence-corrected chi connectivity index (χ0v) is 15.8. The van der Waals surface area contributed by atoms with Crippen molar-refractivity contribution in [1.29, 1.82) is 0 Å². The maximum Gasteiger partial charge on any atom is 0.340 e. The smallest absolute Gasteiger partial charge is 0.340 e. The number of nitrogens with one attached hydrogen (secondary N) is 1. The van der Waals surface area contributed by atoms with Gasteiger partial charge in [-0.25, -0.2) is 4.79 Å². The van der Waals surface area contributed by atoms with Gasteiger partial charge >= 0.3 is 5.97 Å². The van der Waals surface area contributed by atoms with Gasteiger partial charge in [0.25, 0.3) is 0 Å². The van der Waals surface area contributed by atoms with Gasteiger partial charge in [-0.05, 0) is 36.1 Å². The second-order valence-corrected chi connectivity index (χ2v) is 7.47. The topological polar surface area (TPSA) is 75.7 Å². The van der Waals surface area contributed by atoms with Crippen LogP contribution in [-0.2, 0) is 14.3 Å². The highest BCUT2D eigenvalue weighted by molar-refractivity contribution is 6.00. The van der Waals surface area contributed by atoms with Crippen molar-refractivity contribution in [1.82, 2.24) is 4.90 Å². The van der Waals surface area contributed by atoms with E-state index < -0.39 is 18.2 Å². The Morgan fingerprint density at radius 1 is 1.11 bits per heavy atom. The number of carbonyl (C=O) groups excluding carboxylic acids is 3. The molecular weight excluding hydrogens is 356 g/mol. The van der Waals surface area contributed by atoms with Crippen LogP contribution in [0.5, 0.6) is 0 Å². The van der Waals surface area contributed by atoms with E-state index >= 15 is 0 Å². The SMILES string of the molecule is CC(C)c1ccc(NC(=O)[C@@H]2CCC(=O)N2[C@@H]2OC(=O)c3ccccc32)cc1. The number of nitrogens with zero attached hydrogens (tertiary/aromatic N) is 1. The van der Waals surface area contributed by atoms with Gasteiger partial charge in [0, 0.05) is 17.7 Å². The van der Waals surface area contributed by atoms with Gasteiger partial charge < -0.3 is 10.1 Å². The number of likely N-dealkylation sites (tertiary alicyclic amines) is 1. The van der Waals surface area contributed by atoms with Gasteiger partial charge in [0.2, 0.25) is 18.0 Å². The first-order chi connectivity index (χ1) is 13.5. The van der Waals surface area contributed by atoms with Crippen LogP contribution < -0.4 is 5.32 Å². The standard InChI is InChI=1S/C22H22N2O4/c1-13(2)14-7-9-15(10-8-14)23-20(26)18-11-12-19(25)24(18)21-16-5-3-4-6-17(16)22(27)28-21/h3-10,13,18,21H,11-12H2,1-2H3,(H,23,26)/t18-,21+/m0/s1. The Hall–Kier alpha value is -3.15. The Morgan fingerprint density at radius 2 is 1.82 bits per heavy atom. The quantitative estimate of drug-likeness (QED) is 0.825. The molecule has 0 aliphatic carbocycles. The Labute approximate surface area is 163 Å². The number of ether oxygens (including phenoxy) is 1. The number of benzene rings is 2. The van der Waals surface area contributed by atoms with Crippen molar-refractivity contribution in [2.45, 2.75) is 44.9 Å². The number of cyclic esters (lactones) is 1. The maximum absolute atomic E-state index is 12.9. The molecule has 2 aromatic carbocycles. The highest BCUT2D eigenvalue weighted by Gasteiger charge is 2.46. The fourth-order valence-corrected chi connectivity index (χ4v) is 3.76. The molecule has 0 spiro atoms. The monoisotopic (exact) mass is 378 g/mol. The lowest BCUT2D eigenvalue weighted by Gasteiger charge is -2.29. The Morgan fingerprint density at radius 3 is 2.54 bits per heavy atom. The highest BCUT2D eigenvalue weighted by atomic mass is 16.6. The molecule has 6 heteroatoms. The van der Waals surface area contributed by atoms with E-state index in [1.807, 2.05) is 24.3 Å². The van der Waals surface area contributed by atoms with Gasteiger partial charge in [0.1, 0.15) is 6.04 Å². The van der Waals surface area contributed by atoms with Crippen LogP contribution in [0.1, 0.15) is 60.3 Å². The van der Waals surface area contributed by atoms with Gasteiger partial charge in [-0.1, -0.05) is 44.2 Å². The van der Waals surface area contributed by atoms with Crippen molar-refractivity contribution in [3.8, 4) is 0 Å². The number of fused-ring (bicyclic) bond motifs is 1. The van der Waals surface area contributed by atoms with Crippen LogP contribution in [0.2, 0.25) is 0 Å². The maximum atomic E-state index is 12.9. The van der Waals surface area contributed by atoms with E-state index in [0.717, 1.165) is 0 Å². The van der Waals surface area contributed by atoms with Crippen LogP contribution in [0.3, 0.4) is 0 Å². The molecule has 0 unspecified atom stereocenters.